The van der Waals surface area contributed by atoms with Crippen LogP contribution in [-0.4, -0.2) is 21.0 Å². The lowest BCUT2D eigenvalue weighted by Gasteiger charge is -2.07. The van der Waals surface area contributed by atoms with Crippen LogP contribution in [0.4, 0.5) is 11.5 Å². The second-order valence-electron chi connectivity index (χ2n) is 4.62. The summed E-state index contributed by atoms with van der Waals surface area (Å²) >= 11 is 0. The maximum atomic E-state index is 12.1. The number of aryl methyl sites for hydroxylation is 1. The Bertz CT molecular complexity index is 814. The summed E-state index contributed by atoms with van der Waals surface area (Å²) in [6, 6.07) is 10.5. The first kappa shape index (κ1) is 13.7. The minimum atomic E-state index is -0.236. The van der Waals surface area contributed by atoms with Gasteiger partial charge in [-0.15, -0.1) is 0 Å². The number of hydrogen-bond donors (Lipinski definition) is 2. The van der Waals surface area contributed by atoms with Gasteiger partial charge in [0.1, 0.15) is 5.82 Å². The zero-order valence-corrected chi connectivity index (χ0v) is 11.8. The molecule has 2 aromatic heterocycles. The van der Waals surface area contributed by atoms with E-state index < -0.39 is 0 Å². The Kier molecular flexibility index (Phi) is 3.53. The van der Waals surface area contributed by atoms with E-state index in [1.165, 1.54) is 6.20 Å². The van der Waals surface area contributed by atoms with Crippen LogP contribution in [0.25, 0.3) is 11.5 Å². The van der Waals surface area contributed by atoms with E-state index in [1.807, 2.05) is 6.07 Å². The number of aromatic nitrogens is 3. The van der Waals surface area contributed by atoms with Crippen LogP contribution >= 0.6 is 0 Å². The van der Waals surface area contributed by atoms with Crippen molar-refractivity contribution in [3.63, 3.8) is 0 Å². The molecule has 1 amide bonds. The van der Waals surface area contributed by atoms with Crippen molar-refractivity contribution in [1.82, 2.24) is 15.1 Å². The molecule has 7 heteroatoms. The average Bonchev–Trinajstić information content (AvgIpc) is 2.96. The third-order valence-corrected chi connectivity index (χ3v) is 2.97. The van der Waals surface area contributed by atoms with Gasteiger partial charge in [0, 0.05) is 5.56 Å². The maximum Gasteiger partial charge on any atom is 0.261 e. The zero-order chi connectivity index (χ0) is 15.5. The summed E-state index contributed by atoms with van der Waals surface area (Å²) in [6.45, 7) is 1.71. The first-order valence-corrected chi connectivity index (χ1v) is 6.56. The Morgan fingerprint density at radius 1 is 1.27 bits per heavy atom. The van der Waals surface area contributed by atoms with Gasteiger partial charge in [0.05, 0.1) is 17.4 Å². The van der Waals surface area contributed by atoms with Crippen molar-refractivity contribution in [3.05, 3.63) is 54.0 Å². The van der Waals surface area contributed by atoms with Gasteiger partial charge in [-0.1, -0.05) is 23.4 Å². The van der Waals surface area contributed by atoms with Crippen LogP contribution in [-0.2, 0) is 0 Å². The molecule has 0 aliphatic rings. The molecule has 0 atom stereocenters. The highest BCUT2D eigenvalue weighted by Gasteiger charge is 2.13. The van der Waals surface area contributed by atoms with Crippen LogP contribution in [0.1, 0.15) is 16.2 Å². The number of nitrogen functional groups attached to an aromatic ring is 1. The van der Waals surface area contributed by atoms with Crippen molar-refractivity contribution in [2.24, 2.45) is 0 Å². The summed E-state index contributed by atoms with van der Waals surface area (Å²) in [5.74, 6) is 0.771. The molecule has 0 aliphatic heterocycles. The first-order valence-electron chi connectivity index (χ1n) is 6.56. The van der Waals surface area contributed by atoms with Crippen molar-refractivity contribution in [2.45, 2.75) is 6.92 Å². The number of carbonyl (C=O) groups excluding carboxylic acids is 1. The molecule has 0 saturated carbocycles. The van der Waals surface area contributed by atoms with Crippen LogP contribution in [0.2, 0.25) is 0 Å². The smallest absolute Gasteiger partial charge is 0.261 e. The number of nitrogens with two attached hydrogens (primary N) is 1. The summed E-state index contributed by atoms with van der Waals surface area (Å²) in [6.07, 6.45) is 1.48. The van der Waals surface area contributed by atoms with Gasteiger partial charge >= 0.3 is 0 Å². The number of hydrogen-bond acceptors (Lipinski definition) is 6. The van der Waals surface area contributed by atoms with Gasteiger partial charge in [-0.2, -0.15) is 4.98 Å². The molecule has 0 unspecified atom stereocenters. The van der Waals surface area contributed by atoms with Crippen LogP contribution in [0.3, 0.4) is 0 Å². The van der Waals surface area contributed by atoms with Gasteiger partial charge < -0.3 is 15.6 Å². The highest BCUT2D eigenvalue weighted by atomic mass is 16.5. The number of rotatable bonds is 3. The standard InChI is InChI=1S/C15H13N5O2/c1-9-18-15(22-20-9)12-7-11(8-17-13(12)16)19-14(21)10-5-3-2-4-6-10/h2-8H,1H3,(H2,16,17)(H,19,21). The number of carbonyl (C=O) groups is 1. The van der Waals surface area contributed by atoms with E-state index in [-0.39, 0.29) is 17.6 Å². The van der Waals surface area contributed by atoms with Crippen LogP contribution in [0, 0.1) is 6.92 Å². The van der Waals surface area contributed by atoms with Crippen LogP contribution < -0.4 is 11.1 Å². The molecular weight excluding hydrogens is 282 g/mol. The lowest BCUT2D eigenvalue weighted by atomic mass is 10.2. The molecule has 1 aromatic carbocycles. The van der Waals surface area contributed by atoms with Crippen molar-refractivity contribution in [2.75, 3.05) is 11.1 Å². The van der Waals surface area contributed by atoms with E-state index in [0.29, 0.717) is 22.6 Å². The minimum absolute atomic E-state index is 0.236. The molecule has 22 heavy (non-hydrogen) atoms. The molecule has 0 spiro atoms. The summed E-state index contributed by atoms with van der Waals surface area (Å²) < 4.78 is 5.08. The SMILES string of the molecule is Cc1noc(-c2cc(NC(=O)c3ccccc3)cnc2N)n1. The van der Waals surface area contributed by atoms with Gasteiger partial charge in [-0.3, -0.25) is 4.79 Å². The topological polar surface area (TPSA) is 107 Å². The third kappa shape index (κ3) is 2.78. The van der Waals surface area contributed by atoms with Gasteiger partial charge in [0.2, 0.25) is 0 Å². The lowest BCUT2D eigenvalue weighted by Crippen LogP contribution is -2.12. The first-order chi connectivity index (χ1) is 10.6. The number of amides is 1. The fourth-order valence-corrected chi connectivity index (χ4v) is 1.91. The van der Waals surface area contributed by atoms with Gasteiger partial charge in [0.25, 0.3) is 11.8 Å². The molecule has 3 N–H and O–H groups in total. The van der Waals surface area contributed by atoms with Crippen molar-refractivity contribution in [1.29, 1.82) is 0 Å². The summed E-state index contributed by atoms with van der Waals surface area (Å²) in [4.78, 5) is 20.3. The highest BCUT2D eigenvalue weighted by Crippen LogP contribution is 2.25. The molecule has 2 heterocycles. The molecule has 110 valence electrons. The largest absolute Gasteiger partial charge is 0.383 e. The second-order valence-corrected chi connectivity index (χ2v) is 4.62. The zero-order valence-electron chi connectivity index (χ0n) is 11.8. The number of pyridine rings is 1. The number of nitrogens with zero attached hydrogens (tertiary/aromatic N) is 3. The van der Waals surface area contributed by atoms with Crippen LogP contribution in [0.5, 0.6) is 0 Å². The molecule has 0 fully saturated rings. The maximum absolute atomic E-state index is 12.1. The van der Waals surface area contributed by atoms with Gasteiger partial charge in [0.15, 0.2) is 5.82 Å². The monoisotopic (exact) mass is 295 g/mol. The Morgan fingerprint density at radius 3 is 2.73 bits per heavy atom. The fourth-order valence-electron chi connectivity index (χ4n) is 1.91. The van der Waals surface area contributed by atoms with Crippen molar-refractivity contribution in [3.8, 4) is 11.5 Å². The second kappa shape index (κ2) is 5.65. The van der Waals surface area contributed by atoms with Crippen molar-refractivity contribution < 1.29 is 9.32 Å². The molecule has 7 nitrogen and oxygen atoms in total. The Hall–Kier alpha value is -3.22. The molecule has 0 saturated heterocycles. The lowest BCUT2D eigenvalue weighted by molar-refractivity contribution is 0.102. The average molecular weight is 295 g/mol. The quantitative estimate of drug-likeness (QED) is 0.767. The Labute approximate surface area is 126 Å². The molecule has 0 bridgehead atoms. The van der Waals surface area contributed by atoms with E-state index >= 15 is 0 Å². The summed E-state index contributed by atoms with van der Waals surface area (Å²) in [5.41, 5.74) is 7.34. The van der Waals surface area contributed by atoms with Crippen molar-refractivity contribution >= 4 is 17.4 Å². The fraction of sp³-hybridized carbons (Fsp3) is 0.0667. The number of anilines is 2. The summed E-state index contributed by atoms with van der Waals surface area (Å²) in [5, 5.41) is 6.47. The Balaban J connectivity index is 1.88. The molecule has 3 rings (SSSR count). The normalized spacial score (nSPS) is 10.4. The van der Waals surface area contributed by atoms with Gasteiger partial charge in [-0.25, -0.2) is 4.98 Å². The van der Waals surface area contributed by atoms with E-state index in [9.17, 15) is 4.79 Å². The highest BCUT2D eigenvalue weighted by molar-refractivity contribution is 6.04. The minimum Gasteiger partial charge on any atom is -0.383 e. The van der Waals surface area contributed by atoms with E-state index in [2.05, 4.69) is 20.4 Å². The third-order valence-electron chi connectivity index (χ3n) is 2.97. The van der Waals surface area contributed by atoms with Gasteiger partial charge in [-0.05, 0) is 25.1 Å². The van der Waals surface area contributed by atoms with E-state index in [1.54, 1.807) is 37.3 Å². The van der Waals surface area contributed by atoms with Crippen LogP contribution in [0.15, 0.2) is 47.1 Å². The molecule has 0 radical (unpaired) electrons. The Morgan fingerprint density at radius 2 is 2.05 bits per heavy atom. The molecular formula is C15H13N5O2. The summed E-state index contributed by atoms with van der Waals surface area (Å²) in [7, 11) is 0. The van der Waals surface area contributed by atoms with E-state index in [0.717, 1.165) is 0 Å². The van der Waals surface area contributed by atoms with E-state index in [4.69, 9.17) is 10.3 Å². The molecule has 0 aliphatic carbocycles. The number of nitrogens with one attached hydrogen (secondary N) is 1. The predicted octanol–water partition coefficient (Wildman–Crippen LogP) is 2.27. The molecule has 3 aromatic rings. The number of benzene rings is 1. The predicted molar refractivity (Wildman–Crippen MR) is 81.1 cm³/mol.